The predicted octanol–water partition coefficient (Wildman–Crippen LogP) is 4.57. The summed E-state index contributed by atoms with van der Waals surface area (Å²) < 4.78 is 51.4. The first-order chi connectivity index (χ1) is 9.85. The van der Waals surface area contributed by atoms with Gasteiger partial charge in [-0.1, -0.05) is 39.2 Å². The Labute approximate surface area is 122 Å². The number of nitrogens with two attached hydrogens (primary N) is 1. The van der Waals surface area contributed by atoms with Crippen molar-refractivity contribution in [3.8, 4) is 0 Å². The summed E-state index contributed by atoms with van der Waals surface area (Å²) in [5.41, 5.74) is 1.82. The number of rotatable bonds is 7. The lowest BCUT2D eigenvalue weighted by molar-refractivity contribution is -0.140. The fraction of sp³-hybridized carbons (Fsp3) is 0.600. The van der Waals surface area contributed by atoms with E-state index in [1.807, 2.05) is 6.92 Å². The van der Waals surface area contributed by atoms with E-state index in [2.05, 4.69) is 12.3 Å². The van der Waals surface area contributed by atoms with Crippen LogP contribution >= 0.6 is 0 Å². The van der Waals surface area contributed by atoms with Crippen molar-refractivity contribution < 1.29 is 17.6 Å². The van der Waals surface area contributed by atoms with Crippen molar-refractivity contribution in [3.05, 3.63) is 35.1 Å². The molecule has 0 radical (unpaired) electrons. The van der Waals surface area contributed by atoms with Crippen LogP contribution in [0.15, 0.2) is 18.2 Å². The lowest BCUT2D eigenvalue weighted by atomic mass is 9.87. The van der Waals surface area contributed by atoms with Crippen molar-refractivity contribution in [3.63, 3.8) is 0 Å². The second kappa shape index (κ2) is 7.75. The fourth-order valence-electron chi connectivity index (χ4n) is 2.53. The Morgan fingerprint density at radius 1 is 1.24 bits per heavy atom. The monoisotopic (exact) mass is 306 g/mol. The van der Waals surface area contributed by atoms with Crippen LogP contribution in [0.1, 0.15) is 56.7 Å². The van der Waals surface area contributed by atoms with Gasteiger partial charge in [0.1, 0.15) is 5.82 Å². The highest BCUT2D eigenvalue weighted by atomic mass is 19.4. The van der Waals surface area contributed by atoms with Gasteiger partial charge in [0.2, 0.25) is 0 Å². The van der Waals surface area contributed by atoms with Crippen LogP contribution in [-0.4, -0.2) is 0 Å². The van der Waals surface area contributed by atoms with Crippen molar-refractivity contribution in [2.45, 2.75) is 51.7 Å². The van der Waals surface area contributed by atoms with E-state index < -0.39 is 17.6 Å². The van der Waals surface area contributed by atoms with Crippen LogP contribution in [0.4, 0.5) is 17.6 Å². The molecule has 0 aliphatic rings. The maximum atomic E-state index is 13.7. The number of hydrogen-bond donors (Lipinski definition) is 2. The van der Waals surface area contributed by atoms with Gasteiger partial charge in [-0.3, -0.25) is 11.3 Å². The smallest absolute Gasteiger partial charge is 0.271 e. The van der Waals surface area contributed by atoms with Gasteiger partial charge in [-0.05, 0) is 30.0 Å². The molecular weight excluding hydrogens is 284 g/mol. The van der Waals surface area contributed by atoms with Crippen molar-refractivity contribution in [2.75, 3.05) is 0 Å². The molecule has 0 bridgehead atoms. The summed E-state index contributed by atoms with van der Waals surface area (Å²) in [6, 6.07) is 2.66. The van der Waals surface area contributed by atoms with Gasteiger partial charge in [0.05, 0.1) is 5.56 Å². The third kappa shape index (κ3) is 4.68. The Balaban J connectivity index is 3.03. The zero-order valence-corrected chi connectivity index (χ0v) is 12.3. The summed E-state index contributed by atoms with van der Waals surface area (Å²) in [6.07, 6.45) is -0.947. The first kappa shape index (κ1) is 17.9. The number of nitrogens with one attached hydrogen (secondary N) is 1. The lowest BCUT2D eigenvalue weighted by Crippen LogP contribution is -2.33. The molecule has 120 valence electrons. The van der Waals surface area contributed by atoms with Crippen molar-refractivity contribution in [1.82, 2.24) is 5.43 Å². The molecule has 0 aliphatic heterocycles. The van der Waals surface area contributed by atoms with Crippen LogP contribution in [0.3, 0.4) is 0 Å². The minimum Gasteiger partial charge on any atom is -0.271 e. The third-order valence-electron chi connectivity index (χ3n) is 3.76. The standard InChI is InChI=1S/C15H22F4N2/c1-3-5-6-10(4-2)14(21-20)11-7-8-12(13(16)9-11)15(17,18)19/h7-10,14,21H,3-6,20H2,1-2H3. The molecule has 2 nitrogen and oxygen atoms in total. The molecule has 0 aromatic heterocycles. The van der Waals surface area contributed by atoms with E-state index >= 15 is 0 Å². The number of unbranched alkanes of at least 4 members (excludes halogenated alkanes) is 1. The Hall–Kier alpha value is -1.14. The van der Waals surface area contributed by atoms with Crippen LogP contribution in [0.2, 0.25) is 0 Å². The van der Waals surface area contributed by atoms with Crippen LogP contribution in [0.25, 0.3) is 0 Å². The van der Waals surface area contributed by atoms with Gasteiger partial charge < -0.3 is 0 Å². The average Bonchev–Trinajstić information content (AvgIpc) is 2.41. The Bertz CT molecular complexity index is 446. The Morgan fingerprint density at radius 3 is 2.33 bits per heavy atom. The molecule has 0 fully saturated rings. The van der Waals surface area contributed by atoms with Crippen LogP contribution in [-0.2, 0) is 6.18 Å². The molecule has 0 saturated carbocycles. The molecule has 0 spiro atoms. The van der Waals surface area contributed by atoms with E-state index in [-0.39, 0.29) is 12.0 Å². The van der Waals surface area contributed by atoms with E-state index in [1.54, 1.807) is 0 Å². The maximum absolute atomic E-state index is 13.7. The molecule has 1 rings (SSSR count). The molecular formula is C15H22F4N2. The molecule has 2 atom stereocenters. The van der Waals surface area contributed by atoms with Crippen LogP contribution in [0.5, 0.6) is 0 Å². The van der Waals surface area contributed by atoms with Crippen molar-refractivity contribution >= 4 is 0 Å². The Kier molecular flexibility index (Phi) is 6.61. The predicted molar refractivity (Wildman–Crippen MR) is 74.8 cm³/mol. The molecule has 6 heteroatoms. The summed E-state index contributed by atoms with van der Waals surface area (Å²) in [5.74, 6) is 4.43. The van der Waals surface area contributed by atoms with Gasteiger partial charge in [-0.15, -0.1) is 0 Å². The number of benzene rings is 1. The van der Waals surface area contributed by atoms with E-state index in [4.69, 9.17) is 5.84 Å². The topological polar surface area (TPSA) is 38.0 Å². The minimum absolute atomic E-state index is 0.158. The highest BCUT2D eigenvalue weighted by molar-refractivity contribution is 5.29. The molecule has 1 aromatic rings. The van der Waals surface area contributed by atoms with Gasteiger partial charge in [-0.25, -0.2) is 4.39 Å². The Morgan fingerprint density at radius 2 is 1.90 bits per heavy atom. The van der Waals surface area contributed by atoms with Gasteiger partial charge in [-0.2, -0.15) is 13.2 Å². The van der Waals surface area contributed by atoms with Crippen LogP contribution in [0, 0.1) is 11.7 Å². The number of hydrogen-bond acceptors (Lipinski definition) is 2. The summed E-state index contributed by atoms with van der Waals surface area (Å²) in [6.45, 7) is 4.06. The SMILES string of the molecule is CCCCC(CC)C(NN)c1ccc(C(F)(F)F)c(F)c1. The van der Waals surface area contributed by atoms with Gasteiger partial charge in [0.15, 0.2) is 0 Å². The second-order valence-corrected chi connectivity index (χ2v) is 5.19. The summed E-state index contributed by atoms with van der Waals surface area (Å²) in [4.78, 5) is 0. The maximum Gasteiger partial charge on any atom is 0.419 e. The summed E-state index contributed by atoms with van der Waals surface area (Å²) >= 11 is 0. The molecule has 1 aromatic carbocycles. The summed E-state index contributed by atoms with van der Waals surface area (Å²) in [5, 5.41) is 0. The lowest BCUT2D eigenvalue weighted by Gasteiger charge is -2.26. The number of halogens is 4. The highest BCUT2D eigenvalue weighted by Crippen LogP contribution is 2.34. The van der Waals surface area contributed by atoms with Crippen LogP contribution < -0.4 is 11.3 Å². The average molecular weight is 306 g/mol. The largest absolute Gasteiger partial charge is 0.419 e. The van der Waals surface area contributed by atoms with E-state index in [9.17, 15) is 17.6 Å². The highest BCUT2D eigenvalue weighted by Gasteiger charge is 2.34. The molecule has 3 N–H and O–H groups in total. The number of alkyl halides is 3. The minimum atomic E-state index is -4.68. The third-order valence-corrected chi connectivity index (χ3v) is 3.76. The fourth-order valence-corrected chi connectivity index (χ4v) is 2.53. The molecule has 2 unspecified atom stereocenters. The molecule has 0 saturated heterocycles. The zero-order valence-electron chi connectivity index (χ0n) is 12.3. The first-order valence-corrected chi connectivity index (χ1v) is 7.17. The molecule has 0 aliphatic carbocycles. The quantitative estimate of drug-likeness (QED) is 0.440. The second-order valence-electron chi connectivity index (χ2n) is 5.19. The molecule has 21 heavy (non-hydrogen) atoms. The number of hydrazine groups is 1. The van der Waals surface area contributed by atoms with Crippen molar-refractivity contribution in [2.24, 2.45) is 11.8 Å². The van der Waals surface area contributed by atoms with E-state index in [0.717, 1.165) is 37.8 Å². The molecule has 0 heterocycles. The molecule has 0 amide bonds. The zero-order chi connectivity index (χ0) is 16.0. The summed E-state index contributed by atoms with van der Waals surface area (Å²) in [7, 11) is 0. The van der Waals surface area contributed by atoms with E-state index in [1.165, 1.54) is 6.07 Å². The van der Waals surface area contributed by atoms with Gasteiger partial charge in [0.25, 0.3) is 0 Å². The normalized spacial score (nSPS) is 15.0. The van der Waals surface area contributed by atoms with Gasteiger partial charge in [0, 0.05) is 6.04 Å². The first-order valence-electron chi connectivity index (χ1n) is 7.17. The van der Waals surface area contributed by atoms with Crippen molar-refractivity contribution in [1.29, 1.82) is 0 Å². The van der Waals surface area contributed by atoms with Gasteiger partial charge >= 0.3 is 6.18 Å². The van der Waals surface area contributed by atoms with E-state index in [0.29, 0.717) is 5.56 Å².